The van der Waals surface area contributed by atoms with E-state index >= 15 is 0 Å². The topological polar surface area (TPSA) is 54.3 Å². The van der Waals surface area contributed by atoms with E-state index in [1.54, 1.807) is 10.8 Å². The van der Waals surface area contributed by atoms with E-state index < -0.39 is 0 Å². The summed E-state index contributed by atoms with van der Waals surface area (Å²) in [7, 11) is 0. The van der Waals surface area contributed by atoms with Gasteiger partial charge in [0, 0.05) is 35.6 Å². The number of likely N-dealkylation sites (tertiary alicyclic amines) is 1. The van der Waals surface area contributed by atoms with E-state index in [0.29, 0.717) is 23.5 Å². The fourth-order valence-electron chi connectivity index (χ4n) is 3.97. The van der Waals surface area contributed by atoms with Gasteiger partial charge in [0.15, 0.2) is 0 Å². The molecule has 0 saturated carbocycles. The Morgan fingerprint density at radius 1 is 1.15 bits per heavy atom. The van der Waals surface area contributed by atoms with Gasteiger partial charge in [0.1, 0.15) is 0 Å². The monoisotopic (exact) mass is 355 g/mol. The molecule has 2 aromatic rings. The van der Waals surface area contributed by atoms with Gasteiger partial charge in [-0.1, -0.05) is 32.0 Å². The minimum Gasteiger partial charge on any atom is -0.319 e. The Balaban J connectivity index is 2.00. The Bertz CT molecular complexity index is 846. The Kier molecular flexibility index (Phi) is 5.35. The summed E-state index contributed by atoms with van der Waals surface area (Å²) in [6, 6.07) is 7.87. The number of nitrogens with zero attached hydrogens (tertiary/aromatic N) is 2. The van der Waals surface area contributed by atoms with Crippen molar-refractivity contribution in [2.45, 2.75) is 65.6 Å². The Morgan fingerprint density at radius 3 is 2.38 bits per heavy atom. The number of carbonyl (C=O) groups is 1. The van der Waals surface area contributed by atoms with Crippen molar-refractivity contribution in [3.63, 3.8) is 0 Å². The van der Waals surface area contributed by atoms with E-state index in [2.05, 4.69) is 33.0 Å². The third-order valence-corrected chi connectivity index (χ3v) is 5.22. The van der Waals surface area contributed by atoms with Crippen LogP contribution >= 0.6 is 0 Å². The second-order valence-corrected chi connectivity index (χ2v) is 7.91. The molecular weight excluding hydrogens is 326 g/mol. The fraction of sp³-hybridized carbons (Fsp3) is 0.524. The summed E-state index contributed by atoms with van der Waals surface area (Å²) in [6.07, 6.45) is 5.02. The first-order chi connectivity index (χ1) is 12.4. The van der Waals surface area contributed by atoms with Gasteiger partial charge in [0.25, 0.3) is 5.56 Å². The first kappa shape index (κ1) is 18.5. The van der Waals surface area contributed by atoms with E-state index in [1.165, 1.54) is 0 Å². The van der Waals surface area contributed by atoms with Crippen LogP contribution in [-0.2, 0) is 6.54 Å². The second kappa shape index (κ2) is 7.52. The minimum atomic E-state index is -0.0791. The number of amides is 2. The van der Waals surface area contributed by atoms with Crippen molar-refractivity contribution in [3.05, 3.63) is 40.8 Å². The number of rotatable bonds is 3. The molecular formula is C21H29N3O2. The molecule has 2 amide bonds. The molecule has 0 bridgehead atoms. The number of piperidine rings is 1. The fourth-order valence-corrected chi connectivity index (χ4v) is 3.97. The number of anilines is 1. The summed E-state index contributed by atoms with van der Waals surface area (Å²) in [5, 5.41) is 4.52. The highest BCUT2D eigenvalue weighted by atomic mass is 16.2. The molecule has 1 fully saturated rings. The Morgan fingerprint density at radius 2 is 1.77 bits per heavy atom. The first-order valence-electron chi connectivity index (χ1n) is 9.60. The molecule has 0 spiro atoms. The highest BCUT2D eigenvalue weighted by Crippen LogP contribution is 2.26. The summed E-state index contributed by atoms with van der Waals surface area (Å²) in [6.45, 7) is 9.00. The van der Waals surface area contributed by atoms with Crippen LogP contribution in [0.3, 0.4) is 0 Å². The maximum atomic E-state index is 13.0. The minimum absolute atomic E-state index is 0.00740. The van der Waals surface area contributed by atoms with Crippen LogP contribution in [0.2, 0.25) is 0 Å². The molecule has 26 heavy (non-hydrogen) atoms. The molecule has 2 unspecified atom stereocenters. The highest BCUT2D eigenvalue weighted by molar-refractivity contribution is 6.01. The molecule has 0 aliphatic carbocycles. The van der Waals surface area contributed by atoms with Crippen molar-refractivity contribution in [1.29, 1.82) is 0 Å². The van der Waals surface area contributed by atoms with Gasteiger partial charge < -0.3 is 14.8 Å². The van der Waals surface area contributed by atoms with Crippen molar-refractivity contribution >= 4 is 22.5 Å². The average Bonchev–Trinajstić information content (AvgIpc) is 2.58. The molecule has 2 heterocycles. The van der Waals surface area contributed by atoms with Gasteiger partial charge in [0.05, 0.1) is 5.69 Å². The van der Waals surface area contributed by atoms with Gasteiger partial charge in [-0.3, -0.25) is 4.79 Å². The molecule has 1 N–H and O–H groups in total. The third-order valence-electron chi connectivity index (χ3n) is 5.22. The smallest absolute Gasteiger partial charge is 0.319 e. The maximum absolute atomic E-state index is 13.0. The zero-order valence-corrected chi connectivity index (χ0v) is 16.2. The number of benzene rings is 1. The summed E-state index contributed by atoms with van der Waals surface area (Å²) in [4.78, 5) is 27.7. The van der Waals surface area contributed by atoms with E-state index in [-0.39, 0.29) is 23.7 Å². The lowest BCUT2D eigenvalue weighted by Crippen LogP contribution is -2.49. The highest BCUT2D eigenvalue weighted by Gasteiger charge is 2.29. The predicted molar refractivity (Wildman–Crippen MR) is 107 cm³/mol. The van der Waals surface area contributed by atoms with Crippen LogP contribution in [0.15, 0.2) is 35.3 Å². The van der Waals surface area contributed by atoms with Gasteiger partial charge >= 0.3 is 6.03 Å². The number of fused-ring (bicyclic) bond motifs is 1. The lowest BCUT2D eigenvalue weighted by atomic mass is 9.98. The first-order valence-corrected chi connectivity index (χ1v) is 9.60. The number of urea groups is 1. The molecule has 5 nitrogen and oxygen atoms in total. The number of pyridine rings is 1. The molecule has 1 aliphatic rings. The van der Waals surface area contributed by atoms with Crippen LogP contribution in [0.1, 0.15) is 47.0 Å². The van der Waals surface area contributed by atoms with Crippen LogP contribution in [0.4, 0.5) is 10.5 Å². The Hall–Kier alpha value is -2.30. The normalized spacial score (nSPS) is 20.6. The van der Waals surface area contributed by atoms with Gasteiger partial charge in [-0.25, -0.2) is 4.79 Å². The SMILES string of the molecule is CC(C)Cn1cc(NC(=O)N2C(C)CCCC2C)c2ccccc2c1=O. The van der Waals surface area contributed by atoms with Crippen molar-refractivity contribution in [1.82, 2.24) is 9.47 Å². The zero-order valence-electron chi connectivity index (χ0n) is 16.2. The van der Waals surface area contributed by atoms with Crippen LogP contribution in [0.25, 0.3) is 10.8 Å². The van der Waals surface area contributed by atoms with Crippen LogP contribution in [0.5, 0.6) is 0 Å². The van der Waals surface area contributed by atoms with Gasteiger partial charge in [-0.2, -0.15) is 0 Å². The molecule has 0 radical (unpaired) electrons. The quantitative estimate of drug-likeness (QED) is 0.884. The second-order valence-electron chi connectivity index (χ2n) is 7.91. The van der Waals surface area contributed by atoms with Crippen LogP contribution in [-0.4, -0.2) is 27.6 Å². The number of aromatic nitrogens is 1. The molecule has 1 saturated heterocycles. The van der Waals surface area contributed by atoms with Crippen molar-refractivity contribution in [2.24, 2.45) is 5.92 Å². The molecule has 5 heteroatoms. The van der Waals surface area contributed by atoms with Crippen molar-refractivity contribution in [2.75, 3.05) is 5.32 Å². The van der Waals surface area contributed by atoms with E-state index in [0.717, 1.165) is 24.6 Å². The van der Waals surface area contributed by atoms with E-state index in [9.17, 15) is 9.59 Å². The van der Waals surface area contributed by atoms with Gasteiger partial charge in [-0.15, -0.1) is 0 Å². The standard InChI is InChI=1S/C21H29N3O2/c1-14(2)12-23-13-19(17-10-5-6-11-18(17)20(23)25)22-21(26)24-15(3)8-7-9-16(24)4/h5-6,10-11,13-16H,7-9,12H2,1-4H3,(H,22,26). The lowest BCUT2D eigenvalue weighted by molar-refractivity contribution is 0.133. The number of carbonyl (C=O) groups excluding carboxylic acids is 1. The maximum Gasteiger partial charge on any atom is 0.322 e. The Labute approximate surface area is 155 Å². The van der Waals surface area contributed by atoms with E-state index in [1.807, 2.05) is 29.2 Å². The van der Waals surface area contributed by atoms with E-state index in [4.69, 9.17) is 0 Å². The summed E-state index contributed by atoms with van der Waals surface area (Å²) < 4.78 is 1.71. The number of nitrogens with one attached hydrogen (secondary N) is 1. The zero-order chi connectivity index (χ0) is 18.8. The van der Waals surface area contributed by atoms with Crippen molar-refractivity contribution < 1.29 is 4.79 Å². The third kappa shape index (κ3) is 3.62. The van der Waals surface area contributed by atoms with Crippen LogP contribution in [0, 0.1) is 5.92 Å². The predicted octanol–water partition coefficient (Wildman–Crippen LogP) is 4.45. The van der Waals surface area contributed by atoms with Crippen molar-refractivity contribution in [3.8, 4) is 0 Å². The molecule has 2 atom stereocenters. The average molecular weight is 355 g/mol. The van der Waals surface area contributed by atoms with Gasteiger partial charge in [-0.05, 0) is 45.1 Å². The molecule has 1 aromatic carbocycles. The number of hydrogen-bond donors (Lipinski definition) is 1. The summed E-state index contributed by atoms with van der Waals surface area (Å²) in [5.41, 5.74) is 0.697. The van der Waals surface area contributed by atoms with Crippen LogP contribution < -0.4 is 10.9 Å². The molecule has 140 valence electrons. The van der Waals surface area contributed by atoms with Gasteiger partial charge in [0.2, 0.25) is 0 Å². The lowest BCUT2D eigenvalue weighted by Gasteiger charge is -2.39. The summed E-state index contributed by atoms with van der Waals surface area (Å²) in [5.74, 6) is 0.347. The molecule has 3 rings (SSSR count). The molecule has 1 aromatic heterocycles. The largest absolute Gasteiger partial charge is 0.322 e. The molecule has 1 aliphatic heterocycles. The number of hydrogen-bond acceptors (Lipinski definition) is 2. The summed E-state index contributed by atoms with van der Waals surface area (Å²) >= 11 is 0.